The molecule has 1 aromatic heterocycles. The van der Waals surface area contributed by atoms with Crippen molar-refractivity contribution in [1.82, 2.24) is 9.55 Å². The third-order valence-electron chi connectivity index (χ3n) is 6.97. The van der Waals surface area contributed by atoms with Gasteiger partial charge >= 0.3 is 0 Å². The molecule has 0 amide bonds. The summed E-state index contributed by atoms with van der Waals surface area (Å²) in [5.74, 6) is 2.75. The number of hydrogen-bond acceptors (Lipinski definition) is 1. The van der Waals surface area contributed by atoms with Crippen LogP contribution in [0.25, 0.3) is 28.2 Å². The van der Waals surface area contributed by atoms with E-state index in [1.165, 1.54) is 39.1 Å². The number of imidazole rings is 1. The molecule has 0 aliphatic carbocycles. The van der Waals surface area contributed by atoms with E-state index in [1.54, 1.807) is 0 Å². The van der Waals surface area contributed by atoms with Gasteiger partial charge in [0.2, 0.25) is 0 Å². The molecule has 2 heteroatoms. The predicted octanol–water partition coefficient (Wildman–Crippen LogP) is 9.70. The van der Waals surface area contributed by atoms with Gasteiger partial charge in [-0.3, -0.25) is 4.57 Å². The van der Waals surface area contributed by atoms with Crippen LogP contribution in [0.4, 0.5) is 0 Å². The zero-order valence-electron chi connectivity index (χ0n) is 22.6. The van der Waals surface area contributed by atoms with Gasteiger partial charge < -0.3 is 0 Å². The second-order valence-electron chi connectivity index (χ2n) is 11.0. The fraction of sp³-hybridized carbons (Fsp3) is 0.364. The summed E-state index contributed by atoms with van der Waals surface area (Å²) in [6, 6.07) is 22.5. The van der Waals surface area contributed by atoms with Crippen LogP contribution in [0.15, 0.2) is 73.1 Å². The molecule has 3 aromatic carbocycles. The Kier molecular flexibility index (Phi) is 7.31. The van der Waals surface area contributed by atoms with Crippen LogP contribution in [-0.4, -0.2) is 9.55 Å². The summed E-state index contributed by atoms with van der Waals surface area (Å²) in [7, 11) is 0. The van der Waals surface area contributed by atoms with Crippen molar-refractivity contribution in [2.24, 2.45) is 0 Å². The summed E-state index contributed by atoms with van der Waals surface area (Å²) in [6.07, 6.45) is 4.04. The van der Waals surface area contributed by atoms with Gasteiger partial charge in [-0.1, -0.05) is 104 Å². The molecule has 35 heavy (non-hydrogen) atoms. The topological polar surface area (TPSA) is 17.8 Å². The molecule has 0 radical (unpaired) electrons. The second-order valence-corrected chi connectivity index (χ2v) is 11.0. The van der Waals surface area contributed by atoms with Gasteiger partial charge in [0.15, 0.2) is 0 Å². The smallest absolute Gasteiger partial charge is 0.144 e. The van der Waals surface area contributed by atoms with E-state index in [-0.39, 0.29) is 0 Å². The number of hydrogen-bond donors (Lipinski definition) is 0. The summed E-state index contributed by atoms with van der Waals surface area (Å²) in [6.45, 7) is 18.4. The number of rotatable bonds is 7. The first-order valence-corrected chi connectivity index (χ1v) is 13.1. The lowest BCUT2D eigenvalue weighted by atomic mass is 9.86. The zero-order valence-corrected chi connectivity index (χ0v) is 22.6. The van der Waals surface area contributed by atoms with Gasteiger partial charge in [-0.25, -0.2) is 4.98 Å². The normalized spacial score (nSPS) is 11.9. The van der Waals surface area contributed by atoms with Crippen LogP contribution in [-0.2, 0) is 0 Å². The highest BCUT2D eigenvalue weighted by atomic mass is 15.1. The highest BCUT2D eigenvalue weighted by molar-refractivity contribution is 5.72. The van der Waals surface area contributed by atoms with Crippen LogP contribution in [0, 0.1) is 0 Å². The SMILES string of the molecule is CC(C)c1cc(-c2cc(C(C)C)c(-n3ccnc3-c3ccccc3)c(C(C)C)c2)cc(C(C)C)c1. The Bertz CT molecular complexity index is 1230. The van der Waals surface area contributed by atoms with Crippen molar-refractivity contribution >= 4 is 0 Å². The fourth-order valence-electron chi connectivity index (χ4n) is 4.80. The molecule has 0 bridgehead atoms. The quantitative estimate of drug-likeness (QED) is 0.266. The molecule has 4 aromatic rings. The lowest BCUT2D eigenvalue weighted by Gasteiger charge is -2.24. The Hall–Kier alpha value is -3.13. The van der Waals surface area contributed by atoms with Crippen molar-refractivity contribution in [3.05, 3.63) is 95.3 Å². The Morgan fingerprint density at radius 2 is 1.09 bits per heavy atom. The first-order chi connectivity index (χ1) is 16.7. The second kappa shape index (κ2) is 10.2. The van der Waals surface area contributed by atoms with Gasteiger partial charge in [0, 0.05) is 18.0 Å². The largest absolute Gasteiger partial charge is 0.299 e. The van der Waals surface area contributed by atoms with Crippen LogP contribution in [0.5, 0.6) is 0 Å². The van der Waals surface area contributed by atoms with Crippen LogP contribution >= 0.6 is 0 Å². The Morgan fingerprint density at radius 3 is 1.57 bits per heavy atom. The molecular formula is C33H40N2. The zero-order chi connectivity index (χ0) is 25.3. The molecule has 0 aliphatic heterocycles. The molecule has 4 rings (SSSR count). The minimum Gasteiger partial charge on any atom is -0.299 e. The van der Waals surface area contributed by atoms with E-state index in [1.807, 2.05) is 6.20 Å². The molecule has 0 N–H and O–H groups in total. The molecule has 2 nitrogen and oxygen atoms in total. The standard InChI is InChI=1S/C33H40N2/c1-21(2)26-16-27(22(3)4)18-28(17-26)29-19-30(23(5)6)32(31(20-29)24(7)8)35-15-14-34-33(35)25-12-10-9-11-13-25/h9-24H,1-8H3. The Balaban J connectivity index is 1.98. The minimum absolute atomic E-state index is 0.381. The molecule has 0 fully saturated rings. The van der Waals surface area contributed by atoms with E-state index in [0.717, 1.165) is 11.4 Å². The molecule has 0 aliphatic rings. The average Bonchev–Trinajstić information content (AvgIpc) is 3.32. The third-order valence-corrected chi connectivity index (χ3v) is 6.97. The molecule has 1 heterocycles. The van der Waals surface area contributed by atoms with E-state index < -0.39 is 0 Å². The maximum absolute atomic E-state index is 4.77. The molecule has 0 unspecified atom stereocenters. The van der Waals surface area contributed by atoms with Crippen LogP contribution in [0.1, 0.15) is 101 Å². The van der Waals surface area contributed by atoms with E-state index in [4.69, 9.17) is 4.98 Å². The fourth-order valence-corrected chi connectivity index (χ4v) is 4.80. The minimum atomic E-state index is 0.381. The van der Waals surface area contributed by atoms with Crippen molar-refractivity contribution in [2.75, 3.05) is 0 Å². The van der Waals surface area contributed by atoms with Crippen molar-refractivity contribution in [1.29, 1.82) is 0 Å². The van der Waals surface area contributed by atoms with E-state index in [0.29, 0.717) is 23.7 Å². The Labute approximate surface area is 212 Å². The highest BCUT2D eigenvalue weighted by Gasteiger charge is 2.21. The van der Waals surface area contributed by atoms with E-state index in [9.17, 15) is 0 Å². The number of nitrogens with zero attached hydrogens (tertiary/aromatic N) is 2. The lowest BCUT2D eigenvalue weighted by molar-refractivity contribution is 0.807. The molecule has 182 valence electrons. The van der Waals surface area contributed by atoms with Gasteiger partial charge in [-0.15, -0.1) is 0 Å². The lowest BCUT2D eigenvalue weighted by Crippen LogP contribution is -2.09. The molecule has 0 spiro atoms. The Morgan fingerprint density at radius 1 is 0.571 bits per heavy atom. The van der Waals surface area contributed by atoms with Crippen molar-refractivity contribution in [3.63, 3.8) is 0 Å². The number of benzene rings is 3. The molecule has 0 saturated heterocycles. The van der Waals surface area contributed by atoms with E-state index in [2.05, 4.69) is 127 Å². The average molecular weight is 465 g/mol. The number of aromatic nitrogens is 2. The van der Waals surface area contributed by atoms with Crippen molar-refractivity contribution < 1.29 is 0 Å². The van der Waals surface area contributed by atoms with Crippen LogP contribution in [0.3, 0.4) is 0 Å². The van der Waals surface area contributed by atoms with Gasteiger partial charge in [0.1, 0.15) is 5.82 Å². The predicted molar refractivity (Wildman–Crippen MR) is 151 cm³/mol. The van der Waals surface area contributed by atoms with E-state index >= 15 is 0 Å². The van der Waals surface area contributed by atoms with Gasteiger partial charge in [0.05, 0.1) is 5.69 Å². The summed E-state index contributed by atoms with van der Waals surface area (Å²) in [5, 5.41) is 0. The summed E-state index contributed by atoms with van der Waals surface area (Å²) in [5.41, 5.74) is 10.6. The molecular weight excluding hydrogens is 424 g/mol. The molecule has 0 atom stereocenters. The van der Waals surface area contributed by atoms with Crippen LogP contribution < -0.4 is 0 Å². The monoisotopic (exact) mass is 464 g/mol. The van der Waals surface area contributed by atoms with Crippen molar-refractivity contribution in [2.45, 2.75) is 79.1 Å². The summed E-state index contributed by atoms with van der Waals surface area (Å²) >= 11 is 0. The van der Waals surface area contributed by atoms with Gasteiger partial charge in [-0.2, -0.15) is 0 Å². The van der Waals surface area contributed by atoms with Crippen LogP contribution in [0.2, 0.25) is 0 Å². The highest BCUT2D eigenvalue weighted by Crippen LogP contribution is 2.39. The molecule has 0 saturated carbocycles. The van der Waals surface area contributed by atoms with Gasteiger partial charge in [0.25, 0.3) is 0 Å². The summed E-state index contributed by atoms with van der Waals surface area (Å²) < 4.78 is 2.30. The van der Waals surface area contributed by atoms with Gasteiger partial charge in [-0.05, 0) is 69.2 Å². The maximum Gasteiger partial charge on any atom is 0.144 e. The first-order valence-electron chi connectivity index (χ1n) is 13.1. The summed E-state index contributed by atoms with van der Waals surface area (Å²) in [4.78, 5) is 4.77. The maximum atomic E-state index is 4.77. The first kappa shape index (κ1) is 25.0. The van der Waals surface area contributed by atoms with Crippen molar-refractivity contribution in [3.8, 4) is 28.2 Å². The third kappa shape index (κ3) is 5.12.